The van der Waals surface area contributed by atoms with E-state index in [4.69, 9.17) is 19.7 Å². The van der Waals surface area contributed by atoms with E-state index in [0.717, 1.165) is 22.6 Å². The molecule has 0 radical (unpaired) electrons. The van der Waals surface area contributed by atoms with Gasteiger partial charge in [0.2, 0.25) is 0 Å². The SMILES string of the molecule is COCCOCC1(CN=[N+]=[N-])c2ccccc2Oc2ccccc21. The van der Waals surface area contributed by atoms with E-state index in [1.54, 1.807) is 7.11 Å². The van der Waals surface area contributed by atoms with Gasteiger partial charge in [0, 0.05) is 29.7 Å². The first-order valence-corrected chi connectivity index (χ1v) is 7.76. The van der Waals surface area contributed by atoms with E-state index < -0.39 is 5.41 Å². The second kappa shape index (κ2) is 7.36. The third-order valence-corrected chi connectivity index (χ3v) is 4.21. The van der Waals surface area contributed by atoms with Crippen molar-refractivity contribution < 1.29 is 14.2 Å². The highest BCUT2D eigenvalue weighted by Crippen LogP contribution is 2.48. The van der Waals surface area contributed by atoms with Gasteiger partial charge < -0.3 is 14.2 Å². The van der Waals surface area contributed by atoms with Crippen molar-refractivity contribution in [2.75, 3.05) is 33.5 Å². The van der Waals surface area contributed by atoms with Crippen LogP contribution in [0.3, 0.4) is 0 Å². The van der Waals surface area contributed by atoms with Crippen LogP contribution < -0.4 is 4.74 Å². The predicted molar refractivity (Wildman–Crippen MR) is 90.4 cm³/mol. The molecule has 0 fully saturated rings. The van der Waals surface area contributed by atoms with Gasteiger partial charge in [-0.3, -0.25) is 0 Å². The topological polar surface area (TPSA) is 76.5 Å². The summed E-state index contributed by atoms with van der Waals surface area (Å²) >= 11 is 0. The van der Waals surface area contributed by atoms with Crippen molar-refractivity contribution in [3.63, 3.8) is 0 Å². The number of fused-ring (bicyclic) bond motifs is 2. The molecule has 0 aromatic heterocycles. The lowest BCUT2D eigenvalue weighted by atomic mass is 9.73. The first-order chi connectivity index (χ1) is 11.8. The van der Waals surface area contributed by atoms with Crippen molar-refractivity contribution in [1.82, 2.24) is 0 Å². The minimum Gasteiger partial charge on any atom is -0.457 e. The Bertz CT molecular complexity index is 711. The van der Waals surface area contributed by atoms with Gasteiger partial charge in [0.05, 0.1) is 25.2 Å². The van der Waals surface area contributed by atoms with Crippen molar-refractivity contribution >= 4 is 0 Å². The Labute approximate surface area is 140 Å². The second-order valence-electron chi connectivity index (χ2n) is 5.61. The molecule has 0 saturated heterocycles. The molecule has 2 aromatic carbocycles. The molecular formula is C18H19N3O3. The number of rotatable bonds is 7. The van der Waals surface area contributed by atoms with Gasteiger partial charge in [-0.2, -0.15) is 0 Å². The number of azide groups is 1. The lowest BCUT2D eigenvalue weighted by Gasteiger charge is -2.39. The maximum absolute atomic E-state index is 8.88. The third kappa shape index (κ3) is 2.95. The highest BCUT2D eigenvalue weighted by molar-refractivity contribution is 5.58. The van der Waals surface area contributed by atoms with Crippen LogP contribution in [0.2, 0.25) is 0 Å². The van der Waals surface area contributed by atoms with Crippen molar-refractivity contribution in [3.8, 4) is 11.5 Å². The zero-order valence-corrected chi connectivity index (χ0v) is 13.5. The van der Waals surface area contributed by atoms with Crippen molar-refractivity contribution in [1.29, 1.82) is 0 Å². The van der Waals surface area contributed by atoms with E-state index in [-0.39, 0.29) is 6.54 Å². The minimum atomic E-state index is -0.578. The van der Waals surface area contributed by atoms with Crippen LogP contribution in [0.5, 0.6) is 11.5 Å². The number of methoxy groups -OCH3 is 1. The van der Waals surface area contributed by atoms with Crippen LogP contribution in [0.15, 0.2) is 53.6 Å². The molecule has 1 heterocycles. The van der Waals surface area contributed by atoms with Crippen LogP contribution in [-0.4, -0.2) is 33.5 Å². The summed E-state index contributed by atoms with van der Waals surface area (Å²) in [6, 6.07) is 15.6. The van der Waals surface area contributed by atoms with Crippen molar-refractivity contribution in [3.05, 3.63) is 70.1 Å². The first-order valence-electron chi connectivity index (χ1n) is 7.76. The van der Waals surface area contributed by atoms with E-state index in [9.17, 15) is 0 Å². The molecule has 1 aliphatic rings. The number of ether oxygens (including phenoxy) is 3. The molecule has 0 amide bonds. The minimum absolute atomic E-state index is 0.258. The van der Waals surface area contributed by atoms with Gasteiger partial charge in [0.25, 0.3) is 0 Å². The Balaban J connectivity index is 2.09. The maximum atomic E-state index is 8.88. The van der Waals surface area contributed by atoms with E-state index in [1.807, 2.05) is 48.5 Å². The maximum Gasteiger partial charge on any atom is 0.131 e. The standard InChI is InChI=1S/C18H19N3O3/c1-22-10-11-23-13-18(12-20-21-19)14-6-2-4-8-16(14)24-17-9-5-3-7-15(17)18/h2-9H,10-13H2,1H3. The molecular weight excluding hydrogens is 306 g/mol. The van der Waals surface area contributed by atoms with E-state index >= 15 is 0 Å². The molecule has 3 rings (SSSR count). The predicted octanol–water partition coefficient (Wildman–Crippen LogP) is 4.05. The van der Waals surface area contributed by atoms with Gasteiger partial charge in [-0.25, -0.2) is 0 Å². The van der Waals surface area contributed by atoms with Gasteiger partial charge in [-0.15, -0.1) is 0 Å². The van der Waals surface area contributed by atoms with Gasteiger partial charge >= 0.3 is 0 Å². The number of hydrogen-bond acceptors (Lipinski definition) is 4. The Hall–Kier alpha value is -2.53. The third-order valence-electron chi connectivity index (χ3n) is 4.21. The van der Waals surface area contributed by atoms with Crippen LogP contribution in [-0.2, 0) is 14.9 Å². The highest BCUT2D eigenvalue weighted by atomic mass is 16.5. The molecule has 0 bridgehead atoms. The average Bonchev–Trinajstić information content (AvgIpc) is 2.63. The van der Waals surface area contributed by atoms with Crippen molar-refractivity contribution in [2.24, 2.45) is 5.11 Å². The normalized spacial score (nSPS) is 14.0. The summed E-state index contributed by atoms with van der Waals surface area (Å²) in [4.78, 5) is 2.97. The first kappa shape index (κ1) is 16.3. The molecule has 2 aromatic rings. The number of hydrogen-bond donors (Lipinski definition) is 0. The Morgan fingerprint density at radius 3 is 2.25 bits per heavy atom. The van der Waals surface area contributed by atoms with Crippen LogP contribution in [0.1, 0.15) is 11.1 Å². The fraction of sp³-hybridized carbons (Fsp3) is 0.333. The van der Waals surface area contributed by atoms with Crippen LogP contribution in [0.4, 0.5) is 0 Å². The van der Waals surface area contributed by atoms with Crippen molar-refractivity contribution in [2.45, 2.75) is 5.41 Å². The lowest BCUT2D eigenvalue weighted by Crippen LogP contribution is -2.39. The van der Waals surface area contributed by atoms with E-state index in [1.165, 1.54) is 0 Å². The molecule has 124 valence electrons. The summed E-state index contributed by atoms with van der Waals surface area (Å²) in [5, 5.41) is 3.88. The van der Waals surface area contributed by atoms with Gasteiger partial charge in [-0.05, 0) is 17.7 Å². The number of nitrogens with zero attached hydrogens (tertiary/aromatic N) is 3. The summed E-state index contributed by atoms with van der Waals surface area (Å²) in [5.74, 6) is 1.53. The summed E-state index contributed by atoms with van der Waals surface area (Å²) in [6.07, 6.45) is 0. The molecule has 0 spiro atoms. The summed E-state index contributed by atoms with van der Waals surface area (Å²) in [5.41, 5.74) is 10.2. The van der Waals surface area contributed by atoms with Gasteiger partial charge in [0.15, 0.2) is 0 Å². The fourth-order valence-corrected chi connectivity index (χ4v) is 3.08. The van der Waals surface area contributed by atoms with Gasteiger partial charge in [-0.1, -0.05) is 41.5 Å². The highest BCUT2D eigenvalue weighted by Gasteiger charge is 2.41. The van der Waals surface area contributed by atoms with Crippen LogP contribution >= 0.6 is 0 Å². The van der Waals surface area contributed by atoms with E-state index in [0.29, 0.717) is 19.8 Å². The molecule has 0 aliphatic carbocycles. The summed E-state index contributed by atoms with van der Waals surface area (Å²) < 4.78 is 16.9. The van der Waals surface area contributed by atoms with E-state index in [2.05, 4.69) is 10.0 Å². The number of para-hydroxylation sites is 2. The zero-order chi connectivity index (χ0) is 16.8. The average molecular weight is 325 g/mol. The lowest BCUT2D eigenvalue weighted by molar-refractivity contribution is 0.0488. The number of benzene rings is 2. The second-order valence-corrected chi connectivity index (χ2v) is 5.61. The van der Waals surface area contributed by atoms with Crippen LogP contribution in [0.25, 0.3) is 10.4 Å². The molecule has 0 N–H and O–H groups in total. The largest absolute Gasteiger partial charge is 0.457 e. The quantitative estimate of drug-likeness (QED) is 0.333. The molecule has 0 atom stereocenters. The Morgan fingerprint density at radius 1 is 1.04 bits per heavy atom. The zero-order valence-electron chi connectivity index (χ0n) is 13.5. The molecule has 1 aliphatic heterocycles. The van der Waals surface area contributed by atoms with Gasteiger partial charge in [0.1, 0.15) is 11.5 Å². The molecule has 6 heteroatoms. The Kier molecular flexibility index (Phi) is 5.01. The fourth-order valence-electron chi connectivity index (χ4n) is 3.08. The summed E-state index contributed by atoms with van der Waals surface area (Å²) in [7, 11) is 1.64. The molecule has 0 unspecified atom stereocenters. The smallest absolute Gasteiger partial charge is 0.131 e. The molecule has 6 nitrogen and oxygen atoms in total. The molecule has 24 heavy (non-hydrogen) atoms. The Morgan fingerprint density at radius 2 is 1.67 bits per heavy atom. The monoisotopic (exact) mass is 325 g/mol. The summed E-state index contributed by atoms with van der Waals surface area (Å²) in [6.45, 7) is 1.62. The molecule has 0 saturated carbocycles. The van der Waals surface area contributed by atoms with Crippen LogP contribution in [0, 0.1) is 0 Å².